The molecule has 0 spiro atoms. The fraction of sp³-hybridized carbons (Fsp3) is 0.368. The minimum atomic E-state index is 0. The van der Waals surface area contributed by atoms with Gasteiger partial charge >= 0.3 is 0 Å². The Morgan fingerprint density at radius 3 is 2.56 bits per heavy atom. The van der Waals surface area contributed by atoms with Gasteiger partial charge in [-0.3, -0.25) is 0 Å². The van der Waals surface area contributed by atoms with Gasteiger partial charge in [0.05, 0.1) is 18.8 Å². The third kappa shape index (κ3) is 7.29. The molecule has 1 aromatic carbocycles. The first-order valence-electron chi connectivity index (χ1n) is 8.29. The molecule has 136 valence electrons. The van der Waals surface area contributed by atoms with Crippen LogP contribution in [0.15, 0.2) is 47.5 Å². The first kappa shape index (κ1) is 21.2. The van der Waals surface area contributed by atoms with Crippen molar-refractivity contribution in [2.24, 2.45) is 4.99 Å². The van der Waals surface area contributed by atoms with Crippen LogP contribution < -0.4 is 15.5 Å². The van der Waals surface area contributed by atoms with E-state index in [0.29, 0.717) is 13.1 Å². The minimum absolute atomic E-state index is 0. The second-order valence-corrected chi connectivity index (χ2v) is 5.92. The molecular weight excluding hydrogens is 425 g/mol. The molecule has 0 aliphatic carbocycles. The van der Waals surface area contributed by atoms with Gasteiger partial charge in [0.1, 0.15) is 5.82 Å². The Labute approximate surface area is 168 Å². The molecular formula is C19H28IN5. The highest BCUT2D eigenvalue weighted by Crippen LogP contribution is 2.08. The summed E-state index contributed by atoms with van der Waals surface area (Å²) in [4.78, 5) is 11.3. The van der Waals surface area contributed by atoms with E-state index in [9.17, 15) is 0 Å². The molecule has 2 rings (SSSR count). The molecule has 0 aliphatic rings. The highest BCUT2D eigenvalue weighted by molar-refractivity contribution is 14.0. The van der Waals surface area contributed by atoms with Crippen molar-refractivity contribution in [3.05, 3.63) is 59.3 Å². The van der Waals surface area contributed by atoms with E-state index in [1.807, 2.05) is 37.2 Å². The molecule has 0 amide bonds. The Bertz CT molecular complexity index is 685. The standard InChI is InChI=1S/C19H27N5.HI/c1-5-20-19(21-13-16-9-6-8-15(2)12-16)22-14-17-10-7-11-18(23-17)24(3)4;/h6-12H,5,13-14H2,1-4H3,(H2,20,21,22);1H. The highest BCUT2D eigenvalue weighted by Gasteiger charge is 2.02. The largest absolute Gasteiger partial charge is 0.363 e. The first-order valence-corrected chi connectivity index (χ1v) is 8.29. The van der Waals surface area contributed by atoms with Gasteiger partial charge in [-0.15, -0.1) is 24.0 Å². The summed E-state index contributed by atoms with van der Waals surface area (Å²) in [6.07, 6.45) is 0. The topological polar surface area (TPSA) is 52.6 Å². The Morgan fingerprint density at radius 2 is 1.88 bits per heavy atom. The summed E-state index contributed by atoms with van der Waals surface area (Å²) >= 11 is 0. The van der Waals surface area contributed by atoms with Crippen LogP contribution in [-0.2, 0) is 13.1 Å². The molecule has 1 aromatic heterocycles. The number of rotatable bonds is 6. The Morgan fingerprint density at radius 1 is 1.12 bits per heavy atom. The van der Waals surface area contributed by atoms with Crippen LogP contribution in [0.5, 0.6) is 0 Å². The fourth-order valence-electron chi connectivity index (χ4n) is 2.31. The summed E-state index contributed by atoms with van der Waals surface area (Å²) in [5.41, 5.74) is 3.45. The zero-order valence-electron chi connectivity index (χ0n) is 15.4. The van der Waals surface area contributed by atoms with Gasteiger partial charge in [-0.25, -0.2) is 9.98 Å². The lowest BCUT2D eigenvalue weighted by molar-refractivity contribution is 0.798. The van der Waals surface area contributed by atoms with E-state index in [4.69, 9.17) is 0 Å². The molecule has 1 heterocycles. The molecule has 0 saturated heterocycles. The summed E-state index contributed by atoms with van der Waals surface area (Å²) in [7, 11) is 3.99. The van der Waals surface area contributed by atoms with Crippen molar-refractivity contribution in [1.82, 2.24) is 15.6 Å². The van der Waals surface area contributed by atoms with Crippen LogP contribution in [-0.4, -0.2) is 31.6 Å². The van der Waals surface area contributed by atoms with E-state index in [-0.39, 0.29) is 24.0 Å². The summed E-state index contributed by atoms with van der Waals surface area (Å²) in [6.45, 7) is 6.28. The first-order chi connectivity index (χ1) is 11.6. The smallest absolute Gasteiger partial charge is 0.191 e. The molecule has 2 N–H and O–H groups in total. The molecule has 5 nitrogen and oxygen atoms in total. The number of guanidine groups is 1. The van der Waals surface area contributed by atoms with Gasteiger partial charge in [0.2, 0.25) is 0 Å². The average Bonchev–Trinajstić information content (AvgIpc) is 2.57. The van der Waals surface area contributed by atoms with Crippen LogP contribution in [0.25, 0.3) is 0 Å². The number of aryl methyl sites for hydroxylation is 1. The lowest BCUT2D eigenvalue weighted by Crippen LogP contribution is -2.37. The van der Waals surface area contributed by atoms with Crippen LogP contribution in [0.3, 0.4) is 0 Å². The van der Waals surface area contributed by atoms with Crippen molar-refractivity contribution in [2.45, 2.75) is 26.9 Å². The number of pyridine rings is 1. The van der Waals surface area contributed by atoms with Crippen molar-refractivity contribution in [3.8, 4) is 0 Å². The van der Waals surface area contributed by atoms with Gasteiger partial charge in [-0.2, -0.15) is 0 Å². The van der Waals surface area contributed by atoms with Crippen LogP contribution in [0.1, 0.15) is 23.7 Å². The Balaban J connectivity index is 0.00000312. The molecule has 0 atom stereocenters. The fourth-order valence-corrected chi connectivity index (χ4v) is 2.31. The van der Waals surface area contributed by atoms with Gasteiger partial charge in [-0.1, -0.05) is 35.9 Å². The number of aromatic nitrogens is 1. The maximum atomic E-state index is 4.65. The van der Waals surface area contributed by atoms with Crippen molar-refractivity contribution >= 4 is 35.8 Å². The molecule has 0 unspecified atom stereocenters. The van der Waals surface area contributed by atoms with Crippen LogP contribution in [0.2, 0.25) is 0 Å². The van der Waals surface area contributed by atoms with Crippen LogP contribution >= 0.6 is 24.0 Å². The van der Waals surface area contributed by atoms with Crippen molar-refractivity contribution < 1.29 is 0 Å². The van der Waals surface area contributed by atoms with Gasteiger partial charge in [0.15, 0.2) is 5.96 Å². The number of hydrogen-bond donors (Lipinski definition) is 2. The SMILES string of the molecule is CCNC(=NCc1cccc(C)c1)NCc1cccc(N(C)C)n1.I. The van der Waals surface area contributed by atoms with E-state index in [2.05, 4.69) is 58.7 Å². The maximum Gasteiger partial charge on any atom is 0.191 e. The second kappa shape index (κ2) is 10.9. The summed E-state index contributed by atoms with van der Waals surface area (Å²) < 4.78 is 0. The van der Waals surface area contributed by atoms with Gasteiger partial charge in [0, 0.05) is 20.6 Å². The lowest BCUT2D eigenvalue weighted by Gasteiger charge is -2.14. The van der Waals surface area contributed by atoms with Crippen molar-refractivity contribution in [3.63, 3.8) is 0 Å². The van der Waals surface area contributed by atoms with Crippen LogP contribution in [0.4, 0.5) is 5.82 Å². The Hall–Kier alpha value is -1.83. The molecule has 2 aromatic rings. The predicted octanol–water partition coefficient (Wildman–Crippen LogP) is 3.33. The van der Waals surface area contributed by atoms with Gasteiger partial charge in [0.25, 0.3) is 0 Å². The second-order valence-electron chi connectivity index (χ2n) is 5.92. The minimum Gasteiger partial charge on any atom is -0.363 e. The number of halogens is 1. The molecule has 0 radical (unpaired) electrons. The number of nitrogens with zero attached hydrogens (tertiary/aromatic N) is 3. The Kier molecular flexibility index (Phi) is 9.26. The lowest BCUT2D eigenvalue weighted by atomic mass is 10.1. The number of nitrogens with one attached hydrogen (secondary N) is 2. The van der Waals surface area contributed by atoms with E-state index in [1.165, 1.54) is 11.1 Å². The van der Waals surface area contributed by atoms with Crippen molar-refractivity contribution in [2.75, 3.05) is 25.5 Å². The van der Waals surface area contributed by atoms with E-state index >= 15 is 0 Å². The van der Waals surface area contributed by atoms with Crippen LogP contribution in [0, 0.1) is 6.92 Å². The quantitative estimate of drug-likeness (QED) is 0.400. The van der Waals surface area contributed by atoms with E-state index in [0.717, 1.165) is 24.0 Å². The zero-order chi connectivity index (χ0) is 17.4. The van der Waals surface area contributed by atoms with E-state index < -0.39 is 0 Å². The molecule has 6 heteroatoms. The number of hydrogen-bond acceptors (Lipinski definition) is 3. The zero-order valence-corrected chi connectivity index (χ0v) is 17.7. The molecule has 0 fully saturated rings. The summed E-state index contributed by atoms with van der Waals surface area (Å²) in [6, 6.07) is 14.5. The van der Waals surface area contributed by atoms with Crippen molar-refractivity contribution in [1.29, 1.82) is 0 Å². The number of anilines is 1. The molecule has 25 heavy (non-hydrogen) atoms. The number of benzene rings is 1. The predicted molar refractivity (Wildman–Crippen MR) is 117 cm³/mol. The normalized spacial score (nSPS) is 10.8. The average molecular weight is 453 g/mol. The van der Waals surface area contributed by atoms with Gasteiger partial charge < -0.3 is 15.5 Å². The summed E-state index contributed by atoms with van der Waals surface area (Å²) in [5.74, 6) is 1.76. The maximum absolute atomic E-state index is 4.65. The third-order valence-electron chi connectivity index (χ3n) is 3.53. The van der Waals surface area contributed by atoms with E-state index in [1.54, 1.807) is 0 Å². The third-order valence-corrected chi connectivity index (χ3v) is 3.53. The van der Waals surface area contributed by atoms with Gasteiger partial charge in [-0.05, 0) is 31.5 Å². The molecule has 0 saturated carbocycles. The highest BCUT2D eigenvalue weighted by atomic mass is 127. The monoisotopic (exact) mass is 453 g/mol. The summed E-state index contributed by atoms with van der Waals surface area (Å²) in [5, 5.41) is 6.62. The molecule has 0 bridgehead atoms. The molecule has 0 aliphatic heterocycles. The number of aliphatic imine (C=N–C) groups is 1.